The Kier molecular flexibility index (Phi) is 6.09. The minimum absolute atomic E-state index is 0.0225. The van der Waals surface area contributed by atoms with Crippen molar-refractivity contribution in [3.63, 3.8) is 0 Å². The number of aliphatic hydroxyl groups excluding tert-OH is 1. The van der Waals surface area contributed by atoms with E-state index >= 15 is 0 Å². The van der Waals surface area contributed by atoms with Gasteiger partial charge in [0.1, 0.15) is 24.3 Å². The Morgan fingerprint density at radius 3 is 2.52 bits per heavy atom. The summed E-state index contributed by atoms with van der Waals surface area (Å²) in [5.74, 6) is 0.324. The molecule has 4 rings (SSSR count). The van der Waals surface area contributed by atoms with Crippen LogP contribution in [0.15, 0.2) is 77.6 Å². The smallest absolute Gasteiger partial charge is 0.274 e. The number of halogens is 1. The summed E-state index contributed by atoms with van der Waals surface area (Å²) < 4.78 is 20.3. The van der Waals surface area contributed by atoms with E-state index < -0.39 is 6.10 Å². The number of benzene rings is 3. The Balaban J connectivity index is 1.61. The van der Waals surface area contributed by atoms with E-state index in [0.717, 1.165) is 12.0 Å². The topological polar surface area (TPSA) is 64.3 Å². The van der Waals surface area contributed by atoms with Crippen LogP contribution >= 0.6 is 0 Å². The van der Waals surface area contributed by atoms with Crippen molar-refractivity contribution < 1.29 is 14.2 Å². The second kappa shape index (κ2) is 9.10. The highest BCUT2D eigenvalue weighted by atomic mass is 19.1. The number of nitrogens with zero attached hydrogens (tertiary/aromatic N) is 2. The summed E-state index contributed by atoms with van der Waals surface area (Å²) in [6.45, 7) is 2.07. The molecule has 0 radical (unpaired) electrons. The number of aliphatic hydroxyl groups is 1. The molecule has 31 heavy (non-hydrogen) atoms. The number of aromatic nitrogens is 2. The maximum atomic E-state index is 13.4. The molecule has 0 aliphatic carbocycles. The van der Waals surface area contributed by atoms with Crippen molar-refractivity contribution in [2.45, 2.75) is 26.0 Å². The van der Waals surface area contributed by atoms with Gasteiger partial charge < -0.3 is 9.84 Å². The maximum Gasteiger partial charge on any atom is 0.274 e. The van der Waals surface area contributed by atoms with Gasteiger partial charge in [-0.15, -0.1) is 0 Å². The zero-order valence-corrected chi connectivity index (χ0v) is 17.2. The second-order valence-electron chi connectivity index (χ2n) is 7.35. The van der Waals surface area contributed by atoms with Gasteiger partial charge in [-0.3, -0.25) is 4.79 Å². The third kappa shape index (κ3) is 4.64. The highest BCUT2D eigenvalue weighted by molar-refractivity contribution is 5.93. The Morgan fingerprint density at radius 2 is 1.77 bits per heavy atom. The fourth-order valence-corrected chi connectivity index (χ4v) is 3.48. The summed E-state index contributed by atoms with van der Waals surface area (Å²) in [4.78, 5) is 12.9. The lowest BCUT2D eigenvalue weighted by molar-refractivity contribution is 0.0882. The SMILES string of the molecule is CCc1cccc(OC[C@@H](O)Cn2nc(-c3ccc(F)cc3)c3ccccc3c2=O)c1. The van der Waals surface area contributed by atoms with Gasteiger partial charge in [-0.05, 0) is 54.4 Å². The highest BCUT2D eigenvalue weighted by Crippen LogP contribution is 2.25. The van der Waals surface area contributed by atoms with Crippen LogP contribution in [0.3, 0.4) is 0 Å². The third-order valence-electron chi connectivity index (χ3n) is 5.12. The molecule has 1 aromatic heterocycles. The minimum Gasteiger partial charge on any atom is -0.491 e. The molecule has 0 fully saturated rings. The normalized spacial score (nSPS) is 12.1. The standard InChI is InChI=1S/C25H23FN2O3/c1-2-17-6-5-7-21(14-17)31-16-20(29)15-28-25(30)23-9-4-3-8-22(23)24(27-28)18-10-12-19(26)13-11-18/h3-14,20,29H,2,15-16H2,1H3/t20-/m0/s1. The molecular weight excluding hydrogens is 395 g/mol. The number of aryl methyl sites for hydroxylation is 1. The van der Waals surface area contributed by atoms with Gasteiger partial charge in [0.05, 0.1) is 17.6 Å². The van der Waals surface area contributed by atoms with E-state index in [0.29, 0.717) is 27.8 Å². The summed E-state index contributed by atoms with van der Waals surface area (Å²) in [6.07, 6.45) is -0.0415. The van der Waals surface area contributed by atoms with Gasteiger partial charge in [0.2, 0.25) is 0 Å². The van der Waals surface area contributed by atoms with Crippen LogP contribution in [0, 0.1) is 5.82 Å². The van der Waals surface area contributed by atoms with E-state index in [-0.39, 0.29) is 24.5 Å². The number of ether oxygens (including phenoxy) is 1. The molecule has 0 unspecified atom stereocenters. The Labute approximate surface area is 179 Å². The van der Waals surface area contributed by atoms with Gasteiger partial charge in [0, 0.05) is 10.9 Å². The fourth-order valence-electron chi connectivity index (χ4n) is 3.48. The van der Waals surface area contributed by atoms with Gasteiger partial charge >= 0.3 is 0 Å². The zero-order chi connectivity index (χ0) is 21.8. The minimum atomic E-state index is -0.933. The van der Waals surface area contributed by atoms with E-state index in [1.165, 1.54) is 16.8 Å². The molecule has 0 spiro atoms. The van der Waals surface area contributed by atoms with Gasteiger partial charge in [-0.2, -0.15) is 5.10 Å². The molecule has 4 aromatic rings. The van der Waals surface area contributed by atoms with Crippen LogP contribution in [-0.2, 0) is 13.0 Å². The number of hydrogen-bond acceptors (Lipinski definition) is 4. The monoisotopic (exact) mass is 418 g/mol. The van der Waals surface area contributed by atoms with Crippen molar-refractivity contribution in [3.8, 4) is 17.0 Å². The van der Waals surface area contributed by atoms with Crippen molar-refractivity contribution in [1.82, 2.24) is 9.78 Å². The molecule has 0 bridgehead atoms. The fraction of sp³-hybridized carbons (Fsp3) is 0.200. The number of hydrogen-bond donors (Lipinski definition) is 1. The van der Waals surface area contributed by atoms with Crippen molar-refractivity contribution in [1.29, 1.82) is 0 Å². The maximum absolute atomic E-state index is 13.4. The molecule has 0 amide bonds. The average molecular weight is 418 g/mol. The third-order valence-corrected chi connectivity index (χ3v) is 5.12. The first-order valence-corrected chi connectivity index (χ1v) is 10.2. The Morgan fingerprint density at radius 1 is 1.03 bits per heavy atom. The van der Waals surface area contributed by atoms with Crippen LogP contribution in [-0.4, -0.2) is 27.6 Å². The van der Waals surface area contributed by atoms with Crippen LogP contribution < -0.4 is 10.3 Å². The van der Waals surface area contributed by atoms with Crippen molar-refractivity contribution in [2.24, 2.45) is 0 Å². The Bertz CT molecular complexity index is 1250. The van der Waals surface area contributed by atoms with Gasteiger partial charge in [0.15, 0.2) is 0 Å². The molecule has 3 aromatic carbocycles. The lowest BCUT2D eigenvalue weighted by atomic mass is 10.1. The quantitative estimate of drug-likeness (QED) is 0.488. The van der Waals surface area contributed by atoms with Crippen LogP contribution in [0.2, 0.25) is 0 Å². The lowest BCUT2D eigenvalue weighted by Gasteiger charge is -2.16. The van der Waals surface area contributed by atoms with Crippen LogP contribution in [0.5, 0.6) is 5.75 Å². The predicted molar refractivity (Wildman–Crippen MR) is 119 cm³/mol. The average Bonchev–Trinajstić information content (AvgIpc) is 2.80. The van der Waals surface area contributed by atoms with Crippen LogP contribution in [0.25, 0.3) is 22.0 Å². The summed E-state index contributed by atoms with van der Waals surface area (Å²) in [7, 11) is 0. The van der Waals surface area contributed by atoms with Crippen LogP contribution in [0.1, 0.15) is 12.5 Å². The summed E-state index contributed by atoms with van der Waals surface area (Å²) in [6, 6.07) is 20.8. The molecule has 158 valence electrons. The van der Waals surface area contributed by atoms with E-state index in [2.05, 4.69) is 12.0 Å². The highest BCUT2D eigenvalue weighted by Gasteiger charge is 2.15. The van der Waals surface area contributed by atoms with Gasteiger partial charge in [-0.1, -0.05) is 37.3 Å². The van der Waals surface area contributed by atoms with Gasteiger partial charge in [0.25, 0.3) is 5.56 Å². The van der Waals surface area contributed by atoms with Crippen molar-refractivity contribution in [3.05, 3.63) is 94.5 Å². The largest absolute Gasteiger partial charge is 0.491 e. The van der Waals surface area contributed by atoms with E-state index in [1.54, 1.807) is 24.3 Å². The molecule has 0 saturated heterocycles. The van der Waals surface area contributed by atoms with E-state index in [4.69, 9.17) is 4.74 Å². The first-order chi connectivity index (χ1) is 15.0. The first kappa shape index (κ1) is 20.8. The molecule has 6 heteroatoms. The summed E-state index contributed by atoms with van der Waals surface area (Å²) in [5.41, 5.74) is 2.09. The lowest BCUT2D eigenvalue weighted by Crippen LogP contribution is -2.32. The molecule has 0 aliphatic heterocycles. The number of fused-ring (bicyclic) bond motifs is 1. The zero-order valence-electron chi connectivity index (χ0n) is 17.2. The Hall–Kier alpha value is -3.51. The molecule has 5 nitrogen and oxygen atoms in total. The number of rotatable bonds is 7. The van der Waals surface area contributed by atoms with Crippen molar-refractivity contribution >= 4 is 10.8 Å². The summed E-state index contributed by atoms with van der Waals surface area (Å²) in [5, 5.41) is 16.2. The predicted octanol–water partition coefficient (Wildman–Crippen LogP) is 4.20. The summed E-state index contributed by atoms with van der Waals surface area (Å²) >= 11 is 0. The van der Waals surface area contributed by atoms with Crippen LogP contribution in [0.4, 0.5) is 4.39 Å². The first-order valence-electron chi connectivity index (χ1n) is 10.2. The molecular formula is C25H23FN2O3. The molecule has 1 atom stereocenters. The van der Waals surface area contributed by atoms with Gasteiger partial charge in [-0.25, -0.2) is 9.07 Å². The molecule has 0 aliphatic rings. The van der Waals surface area contributed by atoms with E-state index in [9.17, 15) is 14.3 Å². The van der Waals surface area contributed by atoms with E-state index in [1.807, 2.05) is 36.4 Å². The molecule has 1 N–H and O–H groups in total. The second-order valence-corrected chi connectivity index (χ2v) is 7.35. The molecule has 1 heterocycles. The molecule has 0 saturated carbocycles. The van der Waals surface area contributed by atoms with Crippen molar-refractivity contribution in [2.75, 3.05) is 6.61 Å².